The van der Waals surface area contributed by atoms with Crippen LogP contribution in [0.4, 0.5) is 0 Å². The largest absolute Gasteiger partial charge is 0.304 e. The van der Waals surface area contributed by atoms with Gasteiger partial charge in [0.1, 0.15) is 5.01 Å². The Morgan fingerprint density at radius 3 is 2.65 bits per heavy atom. The summed E-state index contributed by atoms with van der Waals surface area (Å²) in [5.41, 5.74) is 0.930. The first-order chi connectivity index (χ1) is 8.18. The Hall–Kier alpha value is -0.610. The highest BCUT2D eigenvalue weighted by Gasteiger charge is 2.10. The molecule has 0 aliphatic carbocycles. The zero-order chi connectivity index (χ0) is 12.3. The fourth-order valence-corrected chi connectivity index (χ4v) is 2.69. The van der Waals surface area contributed by atoms with Crippen molar-refractivity contribution in [3.63, 3.8) is 0 Å². The average molecular weight is 287 g/mol. The third-order valence-electron chi connectivity index (χ3n) is 2.47. The number of nitrogens with zero attached hydrogens (tertiary/aromatic N) is 1. The summed E-state index contributed by atoms with van der Waals surface area (Å²) in [4.78, 5) is 4.26. The fraction of sp³-hybridized carbons (Fsp3) is 0.250. The summed E-state index contributed by atoms with van der Waals surface area (Å²) in [5, 5.41) is 7.78. The van der Waals surface area contributed by atoms with Crippen LogP contribution in [0.1, 0.15) is 23.5 Å². The van der Waals surface area contributed by atoms with Crippen LogP contribution in [-0.4, -0.2) is 4.98 Å². The van der Waals surface area contributed by atoms with E-state index in [1.807, 2.05) is 23.6 Å². The number of hydrogen-bond donors (Lipinski definition) is 1. The molecule has 0 radical (unpaired) electrons. The number of nitrogens with one attached hydrogen (secondary N) is 1. The van der Waals surface area contributed by atoms with Crippen LogP contribution < -0.4 is 5.32 Å². The molecule has 1 aromatic heterocycles. The molecule has 0 amide bonds. The molecule has 1 N–H and O–H groups in total. The van der Waals surface area contributed by atoms with Gasteiger partial charge < -0.3 is 5.32 Å². The smallest absolute Gasteiger partial charge is 0.109 e. The molecule has 90 valence electrons. The number of rotatable bonds is 4. The number of aromatic nitrogens is 1. The van der Waals surface area contributed by atoms with Crippen LogP contribution in [0, 0.1) is 0 Å². The van der Waals surface area contributed by atoms with Gasteiger partial charge in [-0.05, 0) is 19.1 Å². The van der Waals surface area contributed by atoms with Crippen molar-refractivity contribution >= 4 is 34.5 Å². The molecule has 2 aromatic rings. The Morgan fingerprint density at radius 2 is 2.06 bits per heavy atom. The normalized spacial score (nSPS) is 12.6. The topological polar surface area (TPSA) is 24.9 Å². The molecular formula is C12H12Cl2N2S. The van der Waals surface area contributed by atoms with E-state index in [9.17, 15) is 0 Å². The zero-order valence-corrected chi connectivity index (χ0v) is 11.6. The molecule has 0 aliphatic rings. The third kappa shape index (κ3) is 3.19. The van der Waals surface area contributed by atoms with Gasteiger partial charge in [-0.25, -0.2) is 4.98 Å². The fourth-order valence-electron chi connectivity index (χ4n) is 1.49. The van der Waals surface area contributed by atoms with Crippen LogP contribution in [-0.2, 0) is 6.54 Å². The van der Waals surface area contributed by atoms with Crippen LogP contribution >= 0.6 is 34.5 Å². The first-order valence-electron chi connectivity index (χ1n) is 5.24. The Balaban J connectivity index is 2.03. The predicted octanol–water partition coefficient (Wildman–Crippen LogP) is 4.30. The van der Waals surface area contributed by atoms with E-state index < -0.39 is 0 Å². The van der Waals surface area contributed by atoms with Crippen LogP contribution in [0.3, 0.4) is 0 Å². The second kappa shape index (κ2) is 5.83. The van der Waals surface area contributed by atoms with Gasteiger partial charge >= 0.3 is 0 Å². The second-order valence-corrected chi connectivity index (χ2v) is 5.41. The van der Waals surface area contributed by atoms with Crippen molar-refractivity contribution in [1.82, 2.24) is 10.3 Å². The Morgan fingerprint density at radius 1 is 1.35 bits per heavy atom. The number of halogens is 2. The molecule has 2 rings (SSSR count). The van der Waals surface area contributed by atoms with E-state index in [-0.39, 0.29) is 6.04 Å². The molecule has 0 saturated heterocycles. The maximum absolute atomic E-state index is 6.10. The van der Waals surface area contributed by atoms with Gasteiger partial charge in [-0.2, -0.15) is 0 Å². The lowest BCUT2D eigenvalue weighted by atomic mass is 10.2. The molecule has 1 aromatic carbocycles. The molecule has 5 heteroatoms. The standard InChI is InChI=1S/C12H12Cl2N2S/c1-8(12-15-5-6-17-12)16-7-9-10(13)3-2-4-11(9)14/h2-6,8,16H,7H2,1H3. The number of hydrogen-bond acceptors (Lipinski definition) is 3. The lowest BCUT2D eigenvalue weighted by molar-refractivity contribution is 0.572. The highest BCUT2D eigenvalue weighted by atomic mass is 35.5. The molecule has 1 heterocycles. The van der Waals surface area contributed by atoms with E-state index in [0.717, 1.165) is 10.6 Å². The highest BCUT2D eigenvalue weighted by molar-refractivity contribution is 7.09. The summed E-state index contributed by atoms with van der Waals surface area (Å²) in [7, 11) is 0. The Bertz CT molecular complexity index is 465. The molecule has 0 fully saturated rings. The molecular weight excluding hydrogens is 275 g/mol. The van der Waals surface area contributed by atoms with E-state index in [1.165, 1.54) is 0 Å². The molecule has 2 nitrogen and oxygen atoms in total. The monoisotopic (exact) mass is 286 g/mol. The van der Waals surface area contributed by atoms with Crippen LogP contribution in [0.2, 0.25) is 10.0 Å². The summed E-state index contributed by atoms with van der Waals surface area (Å²) in [5.74, 6) is 0. The first kappa shape index (κ1) is 12.8. The van der Waals surface area contributed by atoms with Gasteiger partial charge in [-0.3, -0.25) is 0 Å². The van der Waals surface area contributed by atoms with Gasteiger partial charge in [-0.1, -0.05) is 29.3 Å². The summed E-state index contributed by atoms with van der Waals surface area (Å²) in [6.07, 6.45) is 1.81. The quantitative estimate of drug-likeness (QED) is 0.906. The molecule has 1 atom stereocenters. The summed E-state index contributed by atoms with van der Waals surface area (Å²) >= 11 is 13.8. The van der Waals surface area contributed by atoms with Crippen molar-refractivity contribution in [2.45, 2.75) is 19.5 Å². The van der Waals surface area contributed by atoms with Gasteiger partial charge in [-0.15, -0.1) is 11.3 Å². The molecule has 0 spiro atoms. The van der Waals surface area contributed by atoms with Crippen molar-refractivity contribution in [3.05, 3.63) is 50.4 Å². The minimum Gasteiger partial charge on any atom is -0.304 e. The SMILES string of the molecule is CC(NCc1c(Cl)cccc1Cl)c1nccs1. The van der Waals surface area contributed by atoms with E-state index >= 15 is 0 Å². The minimum atomic E-state index is 0.197. The van der Waals surface area contributed by atoms with Gasteiger partial charge in [0.2, 0.25) is 0 Å². The van der Waals surface area contributed by atoms with Crippen LogP contribution in [0.25, 0.3) is 0 Å². The van der Waals surface area contributed by atoms with Crippen molar-refractivity contribution in [3.8, 4) is 0 Å². The summed E-state index contributed by atoms with van der Waals surface area (Å²) < 4.78 is 0. The van der Waals surface area contributed by atoms with Gasteiger partial charge in [0.05, 0.1) is 6.04 Å². The van der Waals surface area contributed by atoms with Gasteiger partial charge in [0.25, 0.3) is 0 Å². The molecule has 1 unspecified atom stereocenters. The van der Waals surface area contributed by atoms with Crippen LogP contribution in [0.5, 0.6) is 0 Å². The maximum atomic E-state index is 6.10. The van der Waals surface area contributed by atoms with Crippen molar-refractivity contribution in [2.75, 3.05) is 0 Å². The van der Waals surface area contributed by atoms with Crippen molar-refractivity contribution < 1.29 is 0 Å². The Labute approximate surface area is 115 Å². The van der Waals surface area contributed by atoms with E-state index in [4.69, 9.17) is 23.2 Å². The van der Waals surface area contributed by atoms with E-state index in [0.29, 0.717) is 16.6 Å². The summed E-state index contributed by atoms with van der Waals surface area (Å²) in [6, 6.07) is 5.73. The van der Waals surface area contributed by atoms with Crippen molar-refractivity contribution in [1.29, 1.82) is 0 Å². The minimum absolute atomic E-state index is 0.197. The average Bonchev–Trinajstić information content (AvgIpc) is 2.81. The second-order valence-electron chi connectivity index (χ2n) is 3.67. The maximum Gasteiger partial charge on any atom is 0.109 e. The zero-order valence-electron chi connectivity index (χ0n) is 9.28. The Kier molecular flexibility index (Phi) is 4.40. The predicted molar refractivity (Wildman–Crippen MR) is 73.8 cm³/mol. The third-order valence-corrected chi connectivity index (χ3v) is 4.14. The van der Waals surface area contributed by atoms with Crippen molar-refractivity contribution in [2.24, 2.45) is 0 Å². The number of benzene rings is 1. The lowest BCUT2D eigenvalue weighted by Gasteiger charge is -2.13. The highest BCUT2D eigenvalue weighted by Crippen LogP contribution is 2.25. The van der Waals surface area contributed by atoms with Gasteiger partial charge in [0.15, 0.2) is 0 Å². The lowest BCUT2D eigenvalue weighted by Crippen LogP contribution is -2.18. The summed E-state index contributed by atoms with van der Waals surface area (Å²) in [6.45, 7) is 2.71. The van der Waals surface area contributed by atoms with Gasteiger partial charge in [0, 0.05) is 33.7 Å². The van der Waals surface area contributed by atoms with E-state index in [2.05, 4.69) is 17.2 Å². The molecule has 0 aliphatic heterocycles. The molecule has 0 bridgehead atoms. The number of thiazole rings is 1. The molecule has 0 saturated carbocycles. The first-order valence-corrected chi connectivity index (χ1v) is 6.87. The van der Waals surface area contributed by atoms with E-state index in [1.54, 1.807) is 17.5 Å². The van der Waals surface area contributed by atoms with Crippen LogP contribution in [0.15, 0.2) is 29.8 Å². The molecule has 17 heavy (non-hydrogen) atoms.